The van der Waals surface area contributed by atoms with Gasteiger partial charge < -0.3 is 10.6 Å². The highest BCUT2D eigenvalue weighted by atomic mass is 19.4. The lowest BCUT2D eigenvalue weighted by Crippen LogP contribution is -2.22. The molecule has 1 rings (SSSR count). The van der Waals surface area contributed by atoms with E-state index in [9.17, 15) is 13.2 Å². The third kappa shape index (κ3) is 4.05. The zero-order valence-electron chi connectivity index (χ0n) is 10.5. The van der Waals surface area contributed by atoms with Crippen molar-refractivity contribution in [1.82, 2.24) is 9.97 Å². The van der Waals surface area contributed by atoms with Gasteiger partial charge in [0, 0.05) is 19.7 Å². The van der Waals surface area contributed by atoms with E-state index >= 15 is 0 Å². The molecule has 0 aliphatic carbocycles. The first-order chi connectivity index (χ1) is 8.34. The second-order valence-electron chi connectivity index (χ2n) is 4.10. The highest BCUT2D eigenvalue weighted by molar-refractivity contribution is 5.46. The van der Waals surface area contributed by atoms with E-state index in [0.717, 1.165) is 19.3 Å². The average Bonchev–Trinajstić information content (AvgIpc) is 2.27. The predicted octanol–water partition coefficient (Wildman–Crippen LogP) is 2.70. The summed E-state index contributed by atoms with van der Waals surface area (Å²) in [5, 5.41) is 0. The Labute approximate surface area is 104 Å². The van der Waals surface area contributed by atoms with Gasteiger partial charge in [0.25, 0.3) is 0 Å². The van der Waals surface area contributed by atoms with Crippen LogP contribution >= 0.6 is 0 Å². The van der Waals surface area contributed by atoms with E-state index in [1.54, 1.807) is 11.9 Å². The molecule has 0 aromatic carbocycles. The Morgan fingerprint density at radius 1 is 1.28 bits per heavy atom. The van der Waals surface area contributed by atoms with Crippen LogP contribution in [-0.4, -0.2) is 23.6 Å². The average molecular weight is 262 g/mol. The number of anilines is 2. The second-order valence-corrected chi connectivity index (χ2v) is 4.10. The minimum Gasteiger partial charge on any atom is -0.384 e. The first-order valence-electron chi connectivity index (χ1n) is 5.77. The topological polar surface area (TPSA) is 55.0 Å². The summed E-state index contributed by atoms with van der Waals surface area (Å²) in [5.74, 6) is -1.17. The third-order valence-corrected chi connectivity index (χ3v) is 2.47. The first kappa shape index (κ1) is 14.5. The standard InChI is InChI=1S/C11H17F3N4/c1-3-4-5-6-18(2)9-7-8(15)16-10(17-9)11(12,13)14/h7H,3-6H2,1-2H3,(H2,15,16,17). The highest BCUT2D eigenvalue weighted by Crippen LogP contribution is 2.28. The summed E-state index contributed by atoms with van der Waals surface area (Å²) >= 11 is 0. The van der Waals surface area contributed by atoms with Crippen molar-refractivity contribution >= 4 is 11.6 Å². The number of hydrogen-bond donors (Lipinski definition) is 1. The summed E-state index contributed by atoms with van der Waals surface area (Å²) in [6.45, 7) is 2.70. The number of nitrogens with two attached hydrogens (primary N) is 1. The van der Waals surface area contributed by atoms with Crippen molar-refractivity contribution in [2.24, 2.45) is 0 Å². The summed E-state index contributed by atoms with van der Waals surface area (Å²) in [5.41, 5.74) is 5.37. The molecule has 0 radical (unpaired) electrons. The van der Waals surface area contributed by atoms with Crippen molar-refractivity contribution in [2.75, 3.05) is 24.2 Å². The molecule has 1 aromatic rings. The first-order valence-corrected chi connectivity index (χ1v) is 5.77. The number of halogens is 3. The monoisotopic (exact) mass is 262 g/mol. The van der Waals surface area contributed by atoms with E-state index in [1.165, 1.54) is 6.07 Å². The number of unbranched alkanes of at least 4 members (excludes halogenated alkanes) is 2. The quantitative estimate of drug-likeness (QED) is 0.829. The van der Waals surface area contributed by atoms with Gasteiger partial charge in [0.05, 0.1) is 0 Å². The van der Waals surface area contributed by atoms with Crippen molar-refractivity contribution in [3.8, 4) is 0 Å². The summed E-state index contributed by atoms with van der Waals surface area (Å²) in [6, 6.07) is 1.35. The van der Waals surface area contributed by atoms with Gasteiger partial charge in [-0.1, -0.05) is 19.8 Å². The van der Waals surface area contributed by atoms with E-state index < -0.39 is 12.0 Å². The Balaban J connectivity index is 2.85. The largest absolute Gasteiger partial charge is 0.451 e. The minimum absolute atomic E-state index is 0.172. The SMILES string of the molecule is CCCCCN(C)c1cc(N)nc(C(F)(F)F)n1. The molecule has 7 heteroatoms. The maximum atomic E-state index is 12.5. The van der Waals surface area contributed by atoms with Crippen LogP contribution in [-0.2, 0) is 6.18 Å². The van der Waals surface area contributed by atoms with Gasteiger partial charge >= 0.3 is 6.18 Å². The lowest BCUT2D eigenvalue weighted by molar-refractivity contribution is -0.144. The van der Waals surface area contributed by atoms with E-state index in [-0.39, 0.29) is 11.6 Å². The summed E-state index contributed by atoms with van der Waals surface area (Å²) in [7, 11) is 1.69. The third-order valence-electron chi connectivity index (χ3n) is 2.47. The predicted molar refractivity (Wildman–Crippen MR) is 64.2 cm³/mol. The second kappa shape index (κ2) is 5.88. The Kier molecular flexibility index (Phi) is 4.75. The van der Waals surface area contributed by atoms with Crippen molar-refractivity contribution in [3.63, 3.8) is 0 Å². The van der Waals surface area contributed by atoms with Gasteiger partial charge in [0.2, 0.25) is 5.82 Å². The van der Waals surface area contributed by atoms with Crippen LogP contribution in [0, 0.1) is 0 Å². The maximum absolute atomic E-state index is 12.5. The van der Waals surface area contributed by atoms with Gasteiger partial charge in [-0.15, -0.1) is 0 Å². The summed E-state index contributed by atoms with van der Waals surface area (Å²) < 4.78 is 37.6. The van der Waals surface area contributed by atoms with Gasteiger partial charge in [0.1, 0.15) is 11.6 Å². The fourth-order valence-corrected chi connectivity index (χ4v) is 1.49. The van der Waals surface area contributed by atoms with E-state index in [1.807, 2.05) is 0 Å². The number of rotatable bonds is 5. The summed E-state index contributed by atoms with van der Waals surface area (Å²) in [6.07, 6.45) is -1.60. The van der Waals surface area contributed by atoms with Crippen molar-refractivity contribution in [3.05, 3.63) is 11.9 Å². The van der Waals surface area contributed by atoms with Gasteiger partial charge in [-0.05, 0) is 6.42 Å². The zero-order chi connectivity index (χ0) is 13.8. The molecular formula is C11H17F3N4. The fourth-order valence-electron chi connectivity index (χ4n) is 1.49. The molecule has 0 amide bonds. The van der Waals surface area contributed by atoms with Crippen molar-refractivity contribution < 1.29 is 13.2 Å². The van der Waals surface area contributed by atoms with E-state index in [0.29, 0.717) is 6.54 Å². The number of nitrogens with zero attached hydrogens (tertiary/aromatic N) is 3. The fraction of sp³-hybridized carbons (Fsp3) is 0.636. The molecular weight excluding hydrogens is 245 g/mol. The highest BCUT2D eigenvalue weighted by Gasteiger charge is 2.35. The lowest BCUT2D eigenvalue weighted by atomic mass is 10.2. The Morgan fingerprint density at radius 2 is 1.94 bits per heavy atom. The number of nitrogen functional groups attached to an aromatic ring is 1. The molecule has 1 aromatic heterocycles. The molecule has 0 bridgehead atoms. The summed E-state index contributed by atoms with van der Waals surface area (Å²) in [4.78, 5) is 8.35. The molecule has 1 heterocycles. The molecule has 0 fully saturated rings. The van der Waals surface area contributed by atoms with Gasteiger partial charge in [-0.3, -0.25) is 0 Å². The molecule has 0 saturated carbocycles. The van der Waals surface area contributed by atoms with Crippen LogP contribution in [0.15, 0.2) is 6.07 Å². The van der Waals surface area contributed by atoms with Gasteiger partial charge in [-0.2, -0.15) is 13.2 Å². The van der Waals surface area contributed by atoms with Gasteiger partial charge in [-0.25, -0.2) is 9.97 Å². The van der Waals surface area contributed by atoms with Crippen LogP contribution in [0.3, 0.4) is 0 Å². The Hall–Kier alpha value is -1.53. The van der Waals surface area contributed by atoms with Crippen LogP contribution in [0.2, 0.25) is 0 Å². The normalized spacial score (nSPS) is 11.6. The molecule has 0 aliphatic heterocycles. The van der Waals surface area contributed by atoms with Crippen LogP contribution in [0.25, 0.3) is 0 Å². The molecule has 18 heavy (non-hydrogen) atoms. The lowest BCUT2D eigenvalue weighted by Gasteiger charge is -2.19. The van der Waals surface area contributed by atoms with Crippen molar-refractivity contribution in [1.29, 1.82) is 0 Å². The molecule has 0 atom stereocenters. The Morgan fingerprint density at radius 3 is 2.50 bits per heavy atom. The molecule has 0 unspecified atom stereocenters. The van der Waals surface area contributed by atoms with Gasteiger partial charge in [0.15, 0.2) is 0 Å². The van der Waals surface area contributed by atoms with Crippen LogP contribution in [0.1, 0.15) is 32.0 Å². The maximum Gasteiger partial charge on any atom is 0.451 e. The number of aromatic nitrogens is 2. The molecule has 0 aliphatic rings. The molecule has 0 saturated heterocycles. The van der Waals surface area contributed by atoms with Crippen LogP contribution in [0.4, 0.5) is 24.8 Å². The molecule has 2 N–H and O–H groups in total. The molecule has 102 valence electrons. The van der Waals surface area contributed by atoms with E-state index in [4.69, 9.17) is 5.73 Å². The zero-order valence-corrected chi connectivity index (χ0v) is 10.5. The number of alkyl halides is 3. The van der Waals surface area contributed by atoms with E-state index in [2.05, 4.69) is 16.9 Å². The van der Waals surface area contributed by atoms with Crippen molar-refractivity contribution in [2.45, 2.75) is 32.4 Å². The minimum atomic E-state index is -4.58. The van der Waals surface area contributed by atoms with Crippen LogP contribution in [0.5, 0.6) is 0 Å². The van der Waals surface area contributed by atoms with Crippen LogP contribution < -0.4 is 10.6 Å². The molecule has 0 spiro atoms. The molecule has 4 nitrogen and oxygen atoms in total. The Bertz CT molecular complexity index is 392. The number of hydrogen-bond acceptors (Lipinski definition) is 4. The smallest absolute Gasteiger partial charge is 0.384 e.